The number of esters is 1. The largest absolute Gasteiger partial charge is 0.493 e. The summed E-state index contributed by atoms with van der Waals surface area (Å²) in [7, 11) is 10.6. The number of hydrogen-bond donors (Lipinski definition) is 1. The van der Waals surface area contributed by atoms with Crippen molar-refractivity contribution in [3.63, 3.8) is 0 Å². The van der Waals surface area contributed by atoms with E-state index in [-0.39, 0.29) is 69.8 Å². The van der Waals surface area contributed by atoms with Gasteiger partial charge in [0.2, 0.25) is 23.0 Å². The van der Waals surface area contributed by atoms with Gasteiger partial charge in [-0.2, -0.15) is 0 Å². The van der Waals surface area contributed by atoms with Crippen molar-refractivity contribution in [3.8, 4) is 68.6 Å². The van der Waals surface area contributed by atoms with Crippen LogP contribution in [0.25, 0.3) is 11.1 Å². The number of aliphatic hydroxyl groups excluding tert-OH is 1. The number of rotatable bonds is 16. The van der Waals surface area contributed by atoms with Gasteiger partial charge in [-0.05, 0) is 41.4 Å². The Kier molecular flexibility index (Phi) is 13.1. The second kappa shape index (κ2) is 16.4. The third kappa shape index (κ3) is 7.47. The summed E-state index contributed by atoms with van der Waals surface area (Å²) in [6, 6.07) is 4.82. The second-order valence-electron chi connectivity index (χ2n) is 12.5. The number of carbonyl (C=O) groups excluding carboxylic acids is 1. The molecule has 0 atom stereocenters. The number of carbonyl (C=O) groups is 1. The molecule has 276 valence electrons. The van der Waals surface area contributed by atoms with Gasteiger partial charge in [-0.25, -0.2) is 4.79 Å². The van der Waals surface area contributed by atoms with Crippen LogP contribution in [0.5, 0.6) is 57.5 Å². The molecule has 0 heterocycles. The number of methoxy groups -OCH3 is 9. The first-order valence-corrected chi connectivity index (χ1v) is 18.5. The Bertz CT molecular complexity index is 1680. The zero-order chi connectivity index (χ0) is 37.6. The minimum atomic E-state index is -2.35. The molecule has 0 unspecified atom stereocenters. The SMILES string of the molecule is COC(=O)c1cc(OC)c(OC)c(OC)c1Oc1cc(CO[Si](C)(C)C(C)(C)C)c(-c2c(CO)cc(OC)c(OC)c2OC)c(OC)c1OC. The van der Waals surface area contributed by atoms with Crippen LogP contribution in [0.1, 0.15) is 42.3 Å². The summed E-state index contributed by atoms with van der Waals surface area (Å²) in [4.78, 5) is 13.1. The lowest BCUT2D eigenvalue weighted by Gasteiger charge is -2.36. The zero-order valence-corrected chi connectivity index (χ0v) is 32.5. The van der Waals surface area contributed by atoms with E-state index in [9.17, 15) is 9.90 Å². The van der Waals surface area contributed by atoms with Crippen LogP contribution in [0.2, 0.25) is 18.1 Å². The van der Waals surface area contributed by atoms with Crippen molar-refractivity contribution in [1.82, 2.24) is 0 Å². The van der Waals surface area contributed by atoms with Crippen LogP contribution in [0, 0.1) is 0 Å². The molecule has 0 saturated heterocycles. The predicted octanol–water partition coefficient (Wildman–Crippen LogP) is 7.02. The molecule has 0 aliphatic heterocycles. The molecule has 3 aromatic rings. The van der Waals surface area contributed by atoms with Crippen molar-refractivity contribution in [2.24, 2.45) is 0 Å². The summed E-state index contributed by atoms with van der Waals surface area (Å²) in [5, 5.41) is 10.6. The fraction of sp³-hybridized carbons (Fsp3) is 0.472. The average molecular weight is 719 g/mol. The number of benzene rings is 3. The summed E-state index contributed by atoms with van der Waals surface area (Å²) < 4.78 is 64.4. The van der Waals surface area contributed by atoms with E-state index in [4.69, 9.17) is 51.8 Å². The lowest BCUT2D eigenvalue weighted by molar-refractivity contribution is 0.0596. The number of aliphatic hydroxyl groups is 1. The summed E-state index contributed by atoms with van der Waals surface area (Å²) in [5.41, 5.74) is 1.99. The topological polar surface area (TPSA) is 139 Å². The lowest BCUT2D eigenvalue weighted by Crippen LogP contribution is -2.40. The summed E-state index contributed by atoms with van der Waals surface area (Å²) >= 11 is 0. The van der Waals surface area contributed by atoms with E-state index in [1.807, 2.05) is 0 Å². The van der Waals surface area contributed by atoms with E-state index >= 15 is 0 Å². The zero-order valence-electron chi connectivity index (χ0n) is 31.5. The predicted molar refractivity (Wildman–Crippen MR) is 190 cm³/mol. The van der Waals surface area contributed by atoms with Crippen molar-refractivity contribution >= 4 is 14.3 Å². The van der Waals surface area contributed by atoms with Crippen molar-refractivity contribution < 1.29 is 61.7 Å². The van der Waals surface area contributed by atoms with Crippen LogP contribution < -0.4 is 42.6 Å². The van der Waals surface area contributed by atoms with Crippen LogP contribution in [0.4, 0.5) is 0 Å². The molecule has 13 nitrogen and oxygen atoms in total. The molecule has 0 radical (unpaired) electrons. The molecule has 3 aromatic carbocycles. The maximum absolute atomic E-state index is 13.1. The number of hydrogen-bond acceptors (Lipinski definition) is 13. The Morgan fingerprint density at radius 3 is 1.48 bits per heavy atom. The molecule has 0 fully saturated rings. The standard InChI is InChI=1S/C36H50O13Si/c1-36(2,3)50(13,14)48-19-21-16-25(49-28-22(35(38)47-12)17-24(40-5)30(42-7)34(28)46-11)31(43-8)33(45-10)27(21)26-20(18-37)15-23(39-4)29(41-6)32(26)44-9/h15-17,37H,18-19H2,1-14H3. The molecule has 1 N–H and O–H groups in total. The van der Waals surface area contributed by atoms with Gasteiger partial charge >= 0.3 is 5.97 Å². The molecule has 3 rings (SSSR count). The Hall–Kier alpha value is -4.53. The van der Waals surface area contributed by atoms with Crippen LogP contribution in [-0.4, -0.2) is 83.4 Å². The highest BCUT2D eigenvalue weighted by Gasteiger charge is 2.38. The average Bonchev–Trinajstić information content (AvgIpc) is 3.11. The van der Waals surface area contributed by atoms with Crippen molar-refractivity contribution in [1.29, 1.82) is 0 Å². The maximum atomic E-state index is 13.1. The summed E-state index contributed by atoms with van der Waals surface area (Å²) in [6.07, 6.45) is 0. The van der Waals surface area contributed by atoms with Gasteiger partial charge in [0.1, 0.15) is 5.56 Å². The Morgan fingerprint density at radius 2 is 1.04 bits per heavy atom. The van der Waals surface area contributed by atoms with Gasteiger partial charge in [-0.1, -0.05) is 20.8 Å². The minimum absolute atomic E-state index is 0.00436. The fourth-order valence-corrected chi connectivity index (χ4v) is 6.15. The maximum Gasteiger partial charge on any atom is 0.341 e. The van der Waals surface area contributed by atoms with E-state index in [0.29, 0.717) is 33.8 Å². The quantitative estimate of drug-likeness (QED) is 0.120. The molecule has 0 saturated carbocycles. The molecule has 0 aliphatic carbocycles. The molecule has 0 aliphatic rings. The van der Waals surface area contributed by atoms with Crippen molar-refractivity contribution in [3.05, 3.63) is 34.9 Å². The van der Waals surface area contributed by atoms with E-state index in [2.05, 4.69) is 33.9 Å². The van der Waals surface area contributed by atoms with Gasteiger partial charge in [-0.3, -0.25) is 0 Å². The Labute approximate surface area is 295 Å². The minimum Gasteiger partial charge on any atom is -0.493 e. The molecule has 14 heteroatoms. The fourth-order valence-electron chi connectivity index (χ4n) is 5.20. The van der Waals surface area contributed by atoms with E-state index in [0.717, 1.165) is 0 Å². The van der Waals surface area contributed by atoms with Gasteiger partial charge in [0.15, 0.2) is 42.8 Å². The highest BCUT2D eigenvalue weighted by atomic mass is 28.4. The Balaban J connectivity index is 2.56. The monoisotopic (exact) mass is 718 g/mol. The van der Waals surface area contributed by atoms with E-state index in [1.165, 1.54) is 70.1 Å². The third-order valence-corrected chi connectivity index (χ3v) is 13.3. The van der Waals surface area contributed by atoms with Crippen molar-refractivity contribution in [2.45, 2.75) is 52.1 Å². The van der Waals surface area contributed by atoms with Gasteiger partial charge < -0.3 is 56.9 Å². The Morgan fingerprint density at radius 1 is 0.600 bits per heavy atom. The summed E-state index contributed by atoms with van der Waals surface area (Å²) in [6.45, 7) is 10.4. The summed E-state index contributed by atoms with van der Waals surface area (Å²) in [5.74, 6) is 1.19. The first-order valence-electron chi connectivity index (χ1n) is 15.6. The second-order valence-corrected chi connectivity index (χ2v) is 17.3. The normalized spacial score (nSPS) is 11.4. The van der Waals surface area contributed by atoms with E-state index in [1.54, 1.807) is 12.1 Å². The van der Waals surface area contributed by atoms with Gasteiger partial charge in [-0.15, -0.1) is 0 Å². The van der Waals surface area contributed by atoms with Gasteiger partial charge in [0.25, 0.3) is 0 Å². The van der Waals surface area contributed by atoms with Gasteiger partial charge in [0.05, 0.1) is 77.2 Å². The molecule has 0 aromatic heterocycles. The first kappa shape index (κ1) is 39.9. The van der Waals surface area contributed by atoms with Crippen LogP contribution >= 0.6 is 0 Å². The molecular weight excluding hydrogens is 668 g/mol. The van der Waals surface area contributed by atoms with Crippen LogP contribution in [-0.2, 0) is 22.4 Å². The van der Waals surface area contributed by atoms with E-state index < -0.39 is 14.3 Å². The molecule has 0 bridgehead atoms. The molecule has 50 heavy (non-hydrogen) atoms. The highest BCUT2D eigenvalue weighted by molar-refractivity contribution is 6.74. The molecule has 0 amide bonds. The van der Waals surface area contributed by atoms with Gasteiger partial charge in [0, 0.05) is 17.2 Å². The third-order valence-electron chi connectivity index (χ3n) is 8.82. The highest BCUT2D eigenvalue weighted by Crippen LogP contribution is 2.56. The van der Waals surface area contributed by atoms with Crippen molar-refractivity contribution in [2.75, 3.05) is 64.0 Å². The molecule has 0 spiro atoms. The van der Waals surface area contributed by atoms with Crippen LogP contribution in [0.15, 0.2) is 18.2 Å². The van der Waals surface area contributed by atoms with Crippen LogP contribution in [0.3, 0.4) is 0 Å². The lowest BCUT2D eigenvalue weighted by atomic mass is 9.92. The number of ether oxygens (including phenoxy) is 10. The smallest absolute Gasteiger partial charge is 0.341 e. The molecular formula is C36H50O13Si. The first-order chi connectivity index (χ1) is 23.7.